The third-order valence-corrected chi connectivity index (χ3v) is 5.18. The van der Waals surface area contributed by atoms with Crippen LogP contribution in [0.3, 0.4) is 0 Å². The zero-order valence-corrected chi connectivity index (χ0v) is 16.8. The van der Waals surface area contributed by atoms with E-state index in [1.165, 1.54) is 11.6 Å². The Kier molecular flexibility index (Phi) is 5.24. The maximum atomic E-state index is 12.9. The van der Waals surface area contributed by atoms with Gasteiger partial charge in [0.1, 0.15) is 0 Å². The lowest BCUT2D eigenvalue weighted by Crippen LogP contribution is -2.37. The minimum Gasteiger partial charge on any atom is -0.387 e. The minimum atomic E-state index is -0.845. The number of aromatic nitrogens is 4. The van der Waals surface area contributed by atoms with Crippen LogP contribution in [0.4, 0.5) is 5.95 Å². The highest BCUT2D eigenvalue weighted by Crippen LogP contribution is 2.22. The number of hydrogen-bond donors (Lipinski definition) is 2. The Hall–Kier alpha value is -3.65. The topological polar surface area (TPSA) is 94.1 Å². The average Bonchev–Trinajstić information content (AvgIpc) is 3.14. The highest BCUT2D eigenvalue weighted by molar-refractivity contribution is 5.74. The Morgan fingerprint density at radius 1 is 0.967 bits per heavy atom. The first kappa shape index (κ1) is 19.7. The molecule has 2 heterocycles. The zero-order valence-electron chi connectivity index (χ0n) is 16.8. The van der Waals surface area contributed by atoms with Crippen LogP contribution in [-0.2, 0) is 27.2 Å². The van der Waals surface area contributed by atoms with Gasteiger partial charge in [-0.15, -0.1) is 0 Å². The molecule has 0 amide bonds. The highest BCUT2D eigenvalue weighted by Gasteiger charge is 2.21. The molecule has 0 aliphatic heterocycles. The predicted molar refractivity (Wildman–Crippen MR) is 115 cm³/mol. The lowest BCUT2D eigenvalue weighted by molar-refractivity contribution is 0.158. The summed E-state index contributed by atoms with van der Waals surface area (Å²) in [4.78, 5) is 29.8. The van der Waals surface area contributed by atoms with Crippen LogP contribution in [0.2, 0.25) is 0 Å². The van der Waals surface area contributed by atoms with Gasteiger partial charge in [0.2, 0.25) is 5.95 Å². The molecule has 4 aromatic rings. The van der Waals surface area contributed by atoms with E-state index in [1.54, 1.807) is 11.6 Å². The van der Waals surface area contributed by atoms with Gasteiger partial charge >= 0.3 is 5.69 Å². The van der Waals surface area contributed by atoms with E-state index in [2.05, 4.69) is 10.3 Å². The van der Waals surface area contributed by atoms with Crippen molar-refractivity contribution in [2.24, 2.45) is 14.1 Å². The molecule has 0 aliphatic rings. The van der Waals surface area contributed by atoms with Gasteiger partial charge in [-0.1, -0.05) is 60.7 Å². The van der Waals surface area contributed by atoms with Crippen LogP contribution in [0.25, 0.3) is 11.2 Å². The number of aliphatic hydroxyl groups is 1. The summed E-state index contributed by atoms with van der Waals surface area (Å²) in [6.07, 6.45) is -0.845. The molecule has 8 heteroatoms. The van der Waals surface area contributed by atoms with Crippen molar-refractivity contribution >= 4 is 17.1 Å². The first-order valence-electron chi connectivity index (χ1n) is 9.64. The summed E-state index contributed by atoms with van der Waals surface area (Å²) in [7, 11) is 3.02. The Labute approximate surface area is 172 Å². The van der Waals surface area contributed by atoms with Crippen LogP contribution < -0.4 is 16.6 Å². The van der Waals surface area contributed by atoms with Crippen LogP contribution in [0.5, 0.6) is 0 Å². The molecule has 8 nitrogen and oxygen atoms in total. The van der Waals surface area contributed by atoms with Gasteiger partial charge in [-0.25, -0.2) is 4.79 Å². The van der Waals surface area contributed by atoms with Gasteiger partial charge in [0.05, 0.1) is 12.6 Å². The molecule has 154 valence electrons. The minimum absolute atomic E-state index is 0.116. The number of benzene rings is 2. The van der Waals surface area contributed by atoms with Crippen molar-refractivity contribution in [3.8, 4) is 0 Å². The first-order chi connectivity index (χ1) is 14.5. The smallest absolute Gasteiger partial charge is 0.332 e. The summed E-state index contributed by atoms with van der Waals surface area (Å²) in [5.74, 6) is 0.419. The molecule has 2 aromatic heterocycles. The quantitative estimate of drug-likeness (QED) is 0.510. The van der Waals surface area contributed by atoms with Gasteiger partial charge < -0.3 is 15.0 Å². The maximum absolute atomic E-state index is 12.9. The molecule has 0 saturated heterocycles. The van der Waals surface area contributed by atoms with E-state index in [0.717, 1.165) is 15.7 Å². The van der Waals surface area contributed by atoms with Crippen molar-refractivity contribution in [2.45, 2.75) is 19.2 Å². The Balaban J connectivity index is 1.82. The van der Waals surface area contributed by atoms with Gasteiger partial charge in [0.15, 0.2) is 11.2 Å². The second kappa shape index (κ2) is 8.00. The fourth-order valence-corrected chi connectivity index (χ4v) is 3.49. The fourth-order valence-electron chi connectivity index (χ4n) is 3.49. The summed E-state index contributed by atoms with van der Waals surface area (Å²) in [5, 5.41) is 14.0. The van der Waals surface area contributed by atoms with Gasteiger partial charge in [-0.3, -0.25) is 13.9 Å². The Morgan fingerprint density at radius 3 is 2.27 bits per heavy atom. The summed E-state index contributed by atoms with van der Waals surface area (Å²) in [6.45, 7) is 0.602. The van der Waals surface area contributed by atoms with Crippen molar-refractivity contribution < 1.29 is 5.11 Å². The van der Waals surface area contributed by atoms with Crippen molar-refractivity contribution in [1.82, 2.24) is 18.7 Å². The third-order valence-electron chi connectivity index (χ3n) is 5.18. The molecule has 1 atom stereocenters. The molecule has 0 fully saturated rings. The van der Waals surface area contributed by atoms with Gasteiger partial charge in [0.25, 0.3) is 5.56 Å². The lowest BCUT2D eigenvalue weighted by atomic mass is 10.1. The molecular formula is C22H23N5O3. The number of rotatable bonds is 6. The number of hydrogen-bond acceptors (Lipinski definition) is 5. The van der Waals surface area contributed by atoms with Crippen molar-refractivity contribution in [3.63, 3.8) is 0 Å². The van der Waals surface area contributed by atoms with Crippen molar-refractivity contribution in [3.05, 3.63) is 92.6 Å². The number of anilines is 1. The molecule has 2 N–H and O–H groups in total. The van der Waals surface area contributed by atoms with E-state index < -0.39 is 17.4 Å². The van der Waals surface area contributed by atoms with E-state index in [-0.39, 0.29) is 17.7 Å². The van der Waals surface area contributed by atoms with Crippen LogP contribution in [0.1, 0.15) is 17.2 Å². The number of fused-ring (bicyclic) bond motifs is 1. The van der Waals surface area contributed by atoms with Crippen LogP contribution in [0, 0.1) is 0 Å². The SMILES string of the molecule is Cn1c(=O)c2c(nc(NCc3ccccc3)n2C[C@@H](O)c2ccccc2)n(C)c1=O. The number of aryl methyl sites for hydroxylation is 1. The third kappa shape index (κ3) is 3.53. The van der Waals surface area contributed by atoms with E-state index in [4.69, 9.17) is 0 Å². The normalized spacial score (nSPS) is 12.2. The molecule has 0 bridgehead atoms. The van der Waals surface area contributed by atoms with Gasteiger partial charge in [-0.05, 0) is 11.1 Å². The maximum Gasteiger partial charge on any atom is 0.332 e. The number of nitrogens with one attached hydrogen (secondary N) is 1. The molecule has 2 aromatic carbocycles. The van der Waals surface area contributed by atoms with Crippen molar-refractivity contribution in [1.29, 1.82) is 0 Å². The largest absolute Gasteiger partial charge is 0.387 e. The molecule has 0 spiro atoms. The van der Waals surface area contributed by atoms with E-state index in [9.17, 15) is 14.7 Å². The highest BCUT2D eigenvalue weighted by atomic mass is 16.3. The van der Waals surface area contributed by atoms with Crippen molar-refractivity contribution in [2.75, 3.05) is 5.32 Å². The molecule has 0 unspecified atom stereocenters. The molecule has 4 rings (SSSR count). The monoisotopic (exact) mass is 405 g/mol. The second-order valence-corrected chi connectivity index (χ2v) is 7.19. The predicted octanol–water partition coefficient (Wildman–Crippen LogP) is 1.78. The number of nitrogens with zero attached hydrogens (tertiary/aromatic N) is 4. The number of imidazole rings is 1. The molecular weight excluding hydrogens is 382 g/mol. The number of aliphatic hydroxyl groups excluding tert-OH is 1. The molecule has 0 radical (unpaired) electrons. The van der Waals surface area contributed by atoms with Crippen LogP contribution >= 0.6 is 0 Å². The first-order valence-corrected chi connectivity index (χ1v) is 9.64. The van der Waals surface area contributed by atoms with E-state index >= 15 is 0 Å². The van der Waals surface area contributed by atoms with Crippen LogP contribution in [0.15, 0.2) is 70.3 Å². The Bertz CT molecular complexity index is 1290. The summed E-state index contributed by atoms with van der Waals surface area (Å²) < 4.78 is 4.05. The van der Waals surface area contributed by atoms with E-state index in [0.29, 0.717) is 12.5 Å². The standard InChI is InChI=1S/C22H23N5O3/c1-25-19-18(20(29)26(2)22(25)30)27(14-17(28)16-11-7-4-8-12-16)21(24-19)23-13-15-9-5-3-6-10-15/h3-12,17,28H,13-14H2,1-2H3,(H,23,24)/t17-/m1/s1. The summed E-state index contributed by atoms with van der Waals surface area (Å²) in [6, 6.07) is 19.0. The van der Waals surface area contributed by atoms with Gasteiger partial charge in [-0.2, -0.15) is 4.98 Å². The van der Waals surface area contributed by atoms with Crippen LogP contribution in [-0.4, -0.2) is 23.8 Å². The average molecular weight is 405 g/mol. The molecule has 0 aliphatic carbocycles. The Morgan fingerprint density at radius 2 is 1.60 bits per heavy atom. The second-order valence-electron chi connectivity index (χ2n) is 7.19. The summed E-state index contributed by atoms with van der Waals surface area (Å²) >= 11 is 0. The summed E-state index contributed by atoms with van der Waals surface area (Å²) in [5.41, 5.74) is 1.42. The zero-order chi connectivity index (χ0) is 21.3. The fraction of sp³-hybridized carbons (Fsp3) is 0.227. The van der Waals surface area contributed by atoms with E-state index in [1.807, 2.05) is 60.7 Å². The van der Waals surface area contributed by atoms with Gasteiger partial charge in [0, 0.05) is 20.6 Å². The molecule has 30 heavy (non-hydrogen) atoms. The molecule has 0 saturated carbocycles. The lowest BCUT2D eigenvalue weighted by Gasteiger charge is -2.15.